The number of thiophene rings is 1. The van der Waals surface area contributed by atoms with Crippen molar-refractivity contribution in [2.24, 2.45) is 0 Å². The largest absolute Gasteiger partial charge is 0.493 e. The maximum Gasteiger partial charge on any atom is 0.210 e. The van der Waals surface area contributed by atoms with Gasteiger partial charge in [-0.1, -0.05) is 18.2 Å². The van der Waals surface area contributed by atoms with Crippen molar-refractivity contribution < 1.29 is 14.3 Å². The van der Waals surface area contributed by atoms with E-state index >= 15 is 0 Å². The molecule has 0 spiro atoms. The summed E-state index contributed by atoms with van der Waals surface area (Å²) in [5, 5.41) is 1.32. The van der Waals surface area contributed by atoms with Crippen molar-refractivity contribution in [1.29, 1.82) is 0 Å². The highest BCUT2D eigenvalue weighted by Crippen LogP contribution is 2.40. The summed E-state index contributed by atoms with van der Waals surface area (Å²) in [4.78, 5) is 15.1. The maximum atomic E-state index is 11.7. The van der Waals surface area contributed by atoms with Crippen LogP contribution >= 0.6 is 11.3 Å². The molecule has 4 rings (SSSR count). The fourth-order valence-electron chi connectivity index (χ4n) is 4.23. The lowest BCUT2D eigenvalue weighted by Gasteiger charge is -2.35. The van der Waals surface area contributed by atoms with E-state index in [2.05, 4.69) is 42.5 Å². The Kier molecular flexibility index (Phi) is 6.05. The fraction of sp³-hybridized carbons (Fsp3) is 0.375. The molecule has 1 aliphatic heterocycles. The second kappa shape index (κ2) is 8.87. The van der Waals surface area contributed by atoms with Crippen LogP contribution in [0.3, 0.4) is 0 Å². The summed E-state index contributed by atoms with van der Waals surface area (Å²) >= 11 is 1.87. The number of fused-ring (bicyclic) bond motifs is 2. The molecule has 1 amide bonds. The van der Waals surface area contributed by atoms with E-state index in [1.54, 1.807) is 7.11 Å². The molecule has 0 bridgehead atoms. The molecule has 4 nitrogen and oxygen atoms in total. The third-order valence-corrected chi connectivity index (χ3v) is 6.81. The van der Waals surface area contributed by atoms with Crippen LogP contribution < -0.4 is 9.47 Å². The Labute approximate surface area is 176 Å². The van der Waals surface area contributed by atoms with Crippen molar-refractivity contribution in [2.75, 3.05) is 20.3 Å². The Bertz CT molecular complexity index is 964. The second-order valence-corrected chi connectivity index (χ2v) is 8.56. The Hall–Kier alpha value is -2.53. The zero-order chi connectivity index (χ0) is 20.2. The monoisotopic (exact) mass is 409 g/mol. The van der Waals surface area contributed by atoms with Gasteiger partial charge in [-0.3, -0.25) is 4.79 Å². The van der Waals surface area contributed by atoms with E-state index in [-0.39, 0.29) is 6.04 Å². The SMILES string of the molecule is CCOc1cc2c(cc1OC)CCN(C=O)[C@H]2CCCc1cc2ccccc2s1. The summed E-state index contributed by atoms with van der Waals surface area (Å²) in [5.74, 6) is 1.53. The number of aryl methyl sites for hydroxylation is 1. The topological polar surface area (TPSA) is 38.8 Å². The van der Waals surface area contributed by atoms with Gasteiger partial charge in [0.2, 0.25) is 6.41 Å². The molecule has 1 aliphatic rings. The average Bonchev–Trinajstić information content (AvgIpc) is 3.16. The highest BCUT2D eigenvalue weighted by atomic mass is 32.1. The predicted molar refractivity (Wildman–Crippen MR) is 118 cm³/mol. The molecule has 2 heterocycles. The van der Waals surface area contributed by atoms with E-state index in [4.69, 9.17) is 9.47 Å². The Morgan fingerprint density at radius 1 is 1.21 bits per heavy atom. The molecule has 2 aromatic carbocycles. The molecular formula is C24H27NO3S. The average molecular weight is 410 g/mol. The van der Waals surface area contributed by atoms with Crippen molar-refractivity contribution in [3.05, 3.63) is 58.5 Å². The molecule has 0 fully saturated rings. The van der Waals surface area contributed by atoms with Gasteiger partial charge in [-0.25, -0.2) is 0 Å². The molecular weight excluding hydrogens is 382 g/mol. The third kappa shape index (κ3) is 4.10. The van der Waals surface area contributed by atoms with Gasteiger partial charge in [0.15, 0.2) is 11.5 Å². The van der Waals surface area contributed by atoms with Gasteiger partial charge >= 0.3 is 0 Å². The van der Waals surface area contributed by atoms with Crippen LogP contribution in [-0.2, 0) is 17.6 Å². The minimum atomic E-state index is 0.0933. The Morgan fingerprint density at radius 3 is 2.83 bits per heavy atom. The molecule has 5 heteroatoms. The van der Waals surface area contributed by atoms with Gasteiger partial charge in [-0.15, -0.1) is 11.3 Å². The Balaban J connectivity index is 1.53. The number of carbonyl (C=O) groups is 1. The summed E-state index contributed by atoms with van der Waals surface area (Å²) in [6.45, 7) is 3.31. The smallest absolute Gasteiger partial charge is 0.210 e. The van der Waals surface area contributed by atoms with E-state index < -0.39 is 0 Å². The van der Waals surface area contributed by atoms with Gasteiger partial charge in [0.05, 0.1) is 19.8 Å². The van der Waals surface area contributed by atoms with E-state index in [0.717, 1.165) is 50.1 Å². The van der Waals surface area contributed by atoms with Crippen LogP contribution in [0.25, 0.3) is 10.1 Å². The lowest BCUT2D eigenvalue weighted by Crippen LogP contribution is -2.34. The Morgan fingerprint density at radius 2 is 2.07 bits per heavy atom. The number of nitrogens with zero attached hydrogens (tertiary/aromatic N) is 1. The van der Waals surface area contributed by atoms with Gasteiger partial charge in [-0.2, -0.15) is 0 Å². The van der Waals surface area contributed by atoms with E-state index in [9.17, 15) is 4.79 Å². The van der Waals surface area contributed by atoms with Gasteiger partial charge < -0.3 is 14.4 Å². The number of hydrogen-bond donors (Lipinski definition) is 0. The highest BCUT2D eigenvalue weighted by molar-refractivity contribution is 7.19. The van der Waals surface area contributed by atoms with Gasteiger partial charge in [-0.05, 0) is 73.4 Å². The van der Waals surface area contributed by atoms with Gasteiger partial charge in [0, 0.05) is 16.1 Å². The van der Waals surface area contributed by atoms with Crippen LogP contribution in [0.5, 0.6) is 11.5 Å². The van der Waals surface area contributed by atoms with Crippen LogP contribution in [-0.4, -0.2) is 31.6 Å². The molecule has 3 aromatic rings. The first-order valence-electron chi connectivity index (χ1n) is 10.3. The number of benzene rings is 2. The van der Waals surface area contributed by atoms with Crippen molar-refractivity contribution in [1.82, 2.24) is 4.90 Å². The summed E-state index contributed by atoms with van der Waals surface area (Å²) < 4.78 is 12.6. The normalized spacial score (nSPS) is 15.9. The van der Waals surface area contributed by atoms with E-state index in [0.29, 0.717) is 6.61 Å². The van der Waals surface area contributed by atoms with Crippen LogP contribution in [0, 0.1) is 0 Å². The summed E-state index contributed by atoms with van der Waals surface area (Å²) in [5.41, 5.74) is 2.46. The quantitative estimate of drug-likeness (QED) is 0.469. The fourth-order valence-corrected chi connectivity index (χ4v) is 5.34. The lowest BCUT2D eigenvalue weighted by molar-refractivity contribution is -0.120. The summed E-state index contributed by atoms with van der Waals surface area (Å²) in [6, 6.07) is 15.1. The zero-order valence-electron chi connectivity index (χ0n) is 17.0. The summed E-state index contributed by atoms with van der Waals surface area (Å²) in [6.07, 6.45) is 4.86. The number of ether oxygens (including phenoxy) is 2. The maximum absolute atomic E-state index is 11.7. The van der Waals surface area contributed by atoms with Gasteiger partial charge in [0.25, 0.3) is 0 Å². The lowest BCUT2D eigenvalue weighted by atomic mass is 9.89. The molecule has 0 saturated carbocycles. The van der Waals surface area contributed by atoms with Crippen LogP contribution in [0.2, 0.25) is 0 Å². The molecule has 29 heavy (non-hydrogen) atoms. The van der Waals surface area contributed by atoms with E-state index in [1.807, 2.05) is 23.2 Å². The molecule has 152 valence electrons. The molecule has 1 aromatic heterocycles. The molecule has 1 atom stereocenters. The van der Waals surface area contributed by atoms with Crippen molar-refractivity contribution in [3.63, 3.8) is 0 Å². The third-order valence-electron chi connectivity index (χ3n) is 5.64. The van der Waals surface area contributed by atoms with Crippen molar-refractivity contribution >= 4 is 27.8 Å². The number of carbonyl (C=O) groups excluding carboxylic acids is 1. The standard InChI is InChI=1S/C24H27NO3S/c1-3-28-23-15-20-17(14-22(23)27-2)11-12-25(16-26)21(20)9-6-8-19-13-18-7-4-5-10-24(18)29-19/h4-5,7,10,13-16,21H,3,6,8-9,11-12H2,1-2H3/t21-/m0/s1. The first kappa shape index (κ1) is 19.8. The molecule has 0 saturated heterocycles. The van der Waals surface area contributed by atoms with Crippen molar-refractivity contribution in [2.45, 2.75) is 38.6 Å². The molecule has 0 unspecified atom stereocenters. The molecule has 0 aliphatic carbocycles. The highest BCUT2D eigenvalue weighted by Gasteiger charge is 2.28. The molecule has 0 N–H and O–H groups in total. The number of hydrogen-bond acceptors (Lipinski definition) is 4. The van der Waals surface area contributed by atoms with Crippen LogP contribution in [0.1, 0.15) is 41.8 Å². The zero-order valence-corrected chi connectivity index (χ0v) is 17.8. The van der Waals surface area contributed by atoms with Crippen LogP contribution in [0.15, 0.2) is 42.5 Å². The van der Waals surface area contributed by atoms with Crippen molar-refractivity contribution in [3.8, 4) is 11.5 Å². The molecule has 0 radical (unpaired) electrons. The number of methoxy groups -OCH3 is 1. The summed E-state index contributed by atoms with van der Waals surface area (Å²) in [7, 11) is 1.67. The first-order chi connectivity index (χ1) is 14.2. The minimum absolute atomic E-state index is 0.0933. The van der Waals surface area contributed by atoms with Gasteiger partial charge in [0.1, 0.15) is 0 Å². The van der Waals surface area contributed by atoms with Crippen LogP contribution in [0.4, 0.5) is 0 Å². The van der Waals surface area contributed by atoms with E-state index in [1.165, 1.54) is 26.1 Å². The number of rotatable bonds is 8. The minimum Gasteiger partial charge on any atom is -0.493 e. The predicted octanol–water partition coefficient (Wildman–Crippen LogP) is 5.39. The first-order valence-corrected chi connectivity index (χ1v) is 11.1. The number of amides is 1. The second-order valence-electron chi connectivity index (χ2n) is 7.39.